The van der Waals surface area contributed by atoms with Crippen LogP contribution in [0.3, 0.4) is 0 Å². The molecule has 3 nitrogen and oxygen atoms in total. The average molecular weight is 246 g/mol. The summed E-state index contributed by atoms with van der Waals surface area (Å²) in [5, 5.41) is 0.977. The lowest BCUT2D eigenvalue weighted by atomic mass is 10.0. The van der Waals surface area contributed by atoms with E-state index in [1.807, 2.05) is 6.07 Å². The first-order valence-corrected chi connectivity index (χ1v) is 6.35. The summed E-state index contributed by atoms with van der Waals surface area (Å²) in [4.78, 5) is 11.5. The molecule has 3 heteroatoms. The summed E-state index contributed by atoms with van der Waals surface area (Å²) in [6.45, 7) is 2.17. The van der Waals surface area contributed by atoms with Crippen molar-refractivity contribution in [3.8, 4) is 5.75 Å². The molecule has 96 valence electrons. The van der Waals surface area contributed by atoms with Crippen molar-refractivity contribution in [3.63, 3.8) is 0 Å². The average Bonchev–Trinajstić information content (AvgIpc) is 2.38. The molecule has 1 aromatic carbocycles. The third-order valence-corrected chi connectivity index (χ3v) is 3.08. The van der Waals surface area contributed by atoms with E-state index in [4.69, 9.17) is 9.15 Å². The molecule has 0 atom stereocenters. The molecule has 0 aliphatic heterocycles. The summed E-state index contributed by atoms with van der Waals surface area (Å²) >= 11 is 0. The van der Waals surface area contributed by atoms with Gasteiger partial charge in [0.1, 0.15) is 11.3 Å². The van der Waals surface area contributed by atoms with E-state index in [2.05, 4.69) is 6.92 Å². The Morgan fingerprint density at radius 1 is 1.22 bits per heavy atom. The quantitative estimate of drug-likeness (QED) is 0.598. The Morgan fingerprint density at radius 3 is 2.78 bits per heavy atom. The lowest BCUT2D eigenvalue weighted by Crippen LogP contribution is -2.01. The van der Waals surface area contributed by atoms with Crippen molar-refractivity contribution in [2.45, 2.75) is 32.6 Å². The largest absolute Gasteiger partial charge is 0.497 e. The van der Waals surface area contributed by atoms with Gasteiger partial charge in [-0.05, 0) is 36.6 Å². The molecule has 18 heavy (non-hydrogen) atoms. The molecular formula is C15H18O3. The van der Waals surface area contributed by atoms with E-state index in [0.29, 0.717) is 5.58 Å². The fraction of sp³-hybridized carbons (Fsp3) is 0.400. The van der Waals surface area contributed by atoms with Crippen LogP contribution in [0.4, 0.5) is 0 Å². The van der Waals surface area contributed by atoms with Crippen LogP contribution >= 0.6 is 0 Å². The van der Waals surface area contributed by atoms with Crippen molar-refractivity contribution in [1.29, 1.82) is 0 Å². The van der Waals surface area contributed by atoms with Crippen LogP contribution in [0.1, 0.15) is 31.7 Å². The van der Waals surface area contributed by atoms with Crippen LogP contribution in [0, 0.1) is 0 Å². The second-order valence-electron chi connectivity index (χ2n) is 4.41. The van der Waals surface area contributed by atoms with Gasteiger partial charge in [-0.2, -0.15) is 0 Å². The highest BCUT2D eigenvalue weighted by atomic mass is 16.5. The van der Waals surface area contributed by atoms with E-state index in [9.17, 15) is 4.79 Å². The van der Waals surface area contributed by atoms with Crippen molar-refractivity contribution in [2.24, 2.45) is 0 Å². The number of benzene rings is 1. The lowest BCUT2D eigenvalue weighted by molar-refractivity contribution is 0.415. The maximum atomic E-state index is 11.5. The third-order valence-electron chi connectivity index (χ3n) is 3.08. The first-order chi connectivity index (χ1) is 8.74. The molecule has 0 amide bonds. The van der Waals surface area contributed by atoms with Gasteiger partial charge in [-0.1, -0.05) is 19.8 Å². The highest BCUT2D eigenvalue weighted by molar-refractivity contribution is 5.81. The van der Waals surface area contributed by atoms with Crippen LogP contribution in [0.15, 0.2) is 33.5 Å². The number of fused-ring (bicyclic) bond motifs is 1. The molecule has 0 radical (unpaired) electrons. The highest BCUT2D eigenvalue weighted by Gasteiger charge is 2.06. The molecule has 0 spiro atoms. The second-order valence-corrected chi connectivity index (χ2v) is 4.41. The molecule has 0 aliphatic carbocycles. The van der Waals surface area contributed by atoms with Gasteiger partial charge in [-0.15, -0.1) is 0 Å². The van der Waals surface area contributed by atoms with Gasteiger partial charge in [0.15, 0.2) is 0 Å². The van der Waals surface area contributed by atoms with E-state index >= 15 is 0 Å². The van der Waals surface area contributed by atoms with E-state index in [1.165, 1.54) is 12.8 Å². The van der Waals surface area contributed by atoms with Crippen molar-refractivity contribution >= 4 is 11.0 Å². The van der Waals surface area contributed by atoms with Gasteiger partial charge in [0, 0.05) is 11.5 Å². The van der Waals surface area contributed by atoms with Gasteiger partial charge < -0.3 is 9.15 Å². The first-order valence-electron chi connectivity index (χ1n) is 6.35. The Balaban J connectivity index is 2.44. The zero-order valence-corrected chi connectivity index (χ0v) is 10.9. The fourth-order valence-corrected chi connectivity index (χ4v) is 2.11. The number of ether oxygens (including phenoxy) is 1. The number of unbranched alkanes of at least 4 members (excludes halogenated alkanes) is 2. The summed E-state index contributed by atoms with van der Waals surface area (Å²) in [6.07, 6.45) is 4.34. The monoisotopic (exact) mass is 246 g/mol. The van der Waals surface area contributed by atoms with Crippen molar-refractivity contribution < 1.29 is 9.15 Å². The molecule has 0 unspecified atom stereocenters. The Bertz CT molecular complexity index is 584. The molecule has 0 aliphatic rings. The summed E-state index contributed by atoms with van der Waals surface area (Å²) in [7, 11) is 1.64. The molecule has 2 rings (SSSR count). The van der Waals surface area contributed by atoms with Gasteiger partial charge in [0.05, 0.1) is 7.11 Å². The topological polar surface area (TPSA) is 39.4 Å². The minimum Gasteiger partial charge on any atom is -0.497 e. The van der Waals surface area contributed by atoms with Crippen molar-refractivity contribution in [3.05, 3.63) is 40.2 Å². The van der Waals surface area contributed by atoms with Crippen LogP contribution in [0.2, 0.25) is 0 Å². The number of hydrogen-bond donors (Lipinski definition) is 0. The van der Waals surface area contributed by atoms with Crippen LogP contribution in [0.5, 0.6) is 5.75 Å². The number of methoxy groups -OCH3 is 1. The Morgan fingerprint density at radius 2 is 2.06 bits per heavy atom. The van der Waals surface area contributed by atoms with Gasteiger partial charge in [0.25, 0.3) is 0 Å². The summed E-state index contributed by atoms with van der Waals surface area (Å²) < 4.78 is 10.4. The van der Waals surface area contributed by atoms with Crippen LogP contribution in [0.25, 0.3) is 11.0 Å². The Labute approximate surface area is 106 Å². The first kappa shape index (κ1) is 12.7. The van der Waals surface area contributed by atoms with E-state index in [0.717, 1.165) is 29.5 Å². The fourth-order valence-electron chi connectivity index (χ4n) is 2.11. The zero-order chi connectivity index (χ0) is 13.0. The normalized spacial score (nSPS) is 10.8. The summed E-state index contributed by atoms with van der Waals surface area (Å²) in [5.74, 6) is 0.785. The predicted molar refractivity (Wildman–Crippen MR) is 72.3 cm³/mol. The van der Waals surface area contributed by atoms with Crippen molar-refractivity contribution in [1.82, 2.24) is 0 Å². The molecule has 0 fully saturated rings. The molecule has 1 aromatic heterocycles. The van der Waals surface area contributed by atoms with Crippen LogP contribution < -0.4 is 10.4 Å². The van der Waals surface area contributed by atoms with Crippen LogP contribution in [-0.4, -0.2) is 7.11 Å². The molecular weight excluding hydrogens is 228 g/mol. The molecule has 0 bridgehead atoms. The van der Waals surface area contributed by atoms with E-state index < -0.39 is 0 Å². The Kier molecular flexibility index (Phi) is 4.03. The van der Waals surface area contributed by atoms with Gasteiger partial charge >= 0.3 is 5.63 Å². The SMILES string of the molecule is CCCCCc1cc(=O)oc2ccc(OC)cc12. The number of rotatable bonds is 5. The third kappa shape index (κ3) is 2.73. The highest BCUT2D eigenvalue weighted by Crippen LogP contribution is 2.23. The standard InChI is InChI=1S/C15H18O3/c1-3-4-5-6-11-9-15(16)18-14-8-7-12(17-2)10-13(11)14/h7-10H,3-6H2,1-2H3. The number of hydrogen-bond acceptors (Lipinski definition) is 3. The molecule has 0 saturated carbocycles. The number of aryl methyl sites for hydroxylation is 1. The van der Waals surface area contributed by atoms with Gasteiger partial charge in [-0.3, -0.25) is 0 Å². The smallest absolute Gasteiger partial charge is 0.336 e. The second kappa shape index (κ2) is 5.71. The maximum absolute atomic E-state index is 11.5. The van der Waals surface area contributed by atoms with Crippen molar-refractivity contribution in [2.75, 3.05) is 7.11 Å². The van der Waals surface area contributed by atoms with Gasteiger partial charge in [-0.25, -0.2) is 4.79 Å². The zero-order valence-electron chi connectivity index (χ0n) is 10.9. The maximum Gasteiger partial charge on any atom is 0.336 e. The van der Waals surface area contributed by atoms with E-state index in [1.54, 1.807) is 25.3 Å². The Hall–Kier alpha value is -1.77. The minimum atomic E-state index is -0.279. The molecule has 0 saturated heterocycles. The summed E-state index contributed by atoms with van der Waals surface area (Å²) in [5.41, 5.74) is 1.41. The van der Waals surface area contributed by atoms with Gasteiger partial charge in [0.2, 0.25) is 0 Å². The predicted octanol–water partition coefficient (Wildman–Crippen LogP) is 3.53. The molecule has 1 heterocycles. The molecule has 0 N–H and O–H groups in total. The minimum absolute atomic E-state index is 0.279. The van der Waals surface area contributed by atoms with Crippen LogP contribution in [-0.2, 0) is 6.42 Å². The lowest BCUT2D eigenvalue weighted by Gasteiger charge is -2.06. The molecule has 2 aromatic rings. The summed E-state index contributed by atoms with van der Waals surface area (Å²) in [6, 6.07) is 7.12. The van der Waals surface area contributed by atoms with E-state index in [-0.39, 0.29) is 5.63 Å².